The summed E-state index contributed by atoms with van der Waals surface area (Å²) < 4.78 is 22.7. The topological polar surface area (TPSA) is 66.5 Å². The van der Waals surface area contributed by atoms with Gasteiger partial charge >= 0.3 is 0 Å². The van der Waals surface area contributed by atoms with E-state index >= 15 is 0 Å². The van der Waals surface area contributed by atoms with Crippen LogP contribution in [0.3, 0.4) is 0 Å². The van der Waals surface area contributed by atoms with Crippen LogP contribution in [0.25, 0.3) is 0 Å². The summed E-state index contributed by atoms with van der Waals surface area (Å²) in [5.41, 5.74) is 0. The molecular weight excluding hydrogens is 240 g/mol. The molecule has 0 aromatic carbocycles. The lowest BCUT2D eigenvalue weighted by atomic mass is 10.0. The van der Waals surface area contributed by atoms with Crippen molar-refractivity contribution in [3.8, 4) is 0 Å². The lowest BCUT2D eigenvalue weighted by Gasteiger charge is -2.39. The van der Waals surface area contributed by atoms with Crippen molar-refractivity contribution in [3.05, 3.63) is 0 Å². The Morgan fingerprint density at radius 3 is 2.47 bits per heavy atom. The lowest BCUT2D eigenvalue weighted by Crippen LogP contribution is -2.54. The van der Waals surface area contributed by atoms with Gasteiger partial charge in [-0.05, 0) is 32.7 Å². The quantitative estimate of drug-likeness (QED) is 0.745. The maximum Gasteiger partial charge on any atom is 0.239 e. The molecule has 17 heavy (non-hydrogen) atoms. The molecule has 2 aliphatic rings. The molecule has 0 aromatic rings. The molecule has 0 aromatic heterocycles. The van der Waals surface area contributed by atoms with Crippen LogP contribution in [-0.2, 0) is 14.6 Å². The first-order chi connectivity index (χ1) is 8.03. The van der Waals surface area contributed by atoms with E-state index in [4.69, 9.17) is 0 Å². The van der Waals surface area contributed by atoms with Crippen LogP contribution in [-0.4, -0.2) is 56.4 Å². The minimum atomic E-state index is -2.84. The minimum Gasteiger partial charge on any atom is -0.338 e. The van der Waals surface area contributed by atoms with E-state index in [0.717, 1.165) is 19.4 Å². The third-order valence-corrected chi connectivity index (χ3v) is 5.50. The molecule has 0 spiro atoms. The fraction of sp³-hybridized carbons (Fsp3) is 0.909. The Labute approximate surface area is 102 Å². The molecule has 98 valence electrons. The molecule has 2 aliphatic heterocycles. The number of carbonyl (C=O) groups excluding carboxylic acids is 1. The zero-order valence-electron chi connectivity index (χ0n) is 10.2. The highest BCUT2D eigenvalue weighted by Gasteiger charge is 2.35. The Hall–Kier alpha value is -0.620. The molecule has 0 aliphatic carbocycles. The Balaban J connectivity index is 2.00. The van der Waals surface area contributed by atoms with Gasteiger partial charge in [0.05, 0.1) is 17.5 Å². The molecule has 2 fully saturated rings. The molecule has 1 unspecified atom stereocenters. The van der Waals surface area contributed by atoms with Crippen molar-refractivity contribution in [1.29, 1.82) is 0 Å². The molecule has 1 N–H and O–H groups in total. The molecule has 2 heterocycles. The molecule has 1 amide bonds. The molecule has 5 nitrogen and oxygen atoms in total. The Kier molecular flexibility index (Phi) is 3.73. The van der Waals surface area contributed by atoms with Gasteiger partial charge in [0.15, 0.2) is 0 Å². The minimum absolute atomic E-state index is 0.0812. The molecule has 2 saturated heterocycles. The van der Waals surface area contributed by atoms with E-state index in [0.29, 0.717) is 12.8 Å². The predicted molar refractivity (Wildman–Crippen MR) is 65.5 cm³/mol. The Bertz CT molecular complexity index is 380. The number of piperidine rings is 1. The first kappa shape index (κ1) is 12.8. The summed E-state index contributed by atoms with van der Waals surface area (Å²) in [5, 5.41) is 3.03. The zero-order chi connectivity index (χ0) is 12.5. The molecule has 1 atom stereocenters. The second-order valence-electron chi connectivity index (χ2n) is 4.90. The highest BCUT2D eigenvalue weighted by Crippen LogP contribution is 2.22. The summed E-state index contributed by atoms with van der Waals surface area (Å²) in [7, 11) is -1.04. The summed E-state index contributed by atoms with van der Waals surface area (Å²) in [6.07, 6.45) is 3.09. The maximum absolute atomic E-state index is 12.1. The summed E-state index contributed by atoms with van der Waals surface area (Å²) in [5.74, 6) is 0.597. The van der Waals surface area contributed by atoms with Gasteiger partial charge in [0.2, 0.25) is 5.91 Å². The van der Waals surface area contributed by atoms with Crippen molar-refractivity contribution >= 4 is 15.7 Å². The van der Waals surface area contributed by atoms with Crippen LogP contribution in [0.4, 0.5) is 0 Å². The third kappa shape index (κ3) is 2.80. The van der Waals surface area contributed by atoms with E-state index in [1.54, 1.807) is 7.05 Å². The lowest BCUT2D eigenvalue weighted by molar-refractivity contribution is -0.138. The number of amides is 1. The monoisotopic (exact) mass is 260 g/mol. The van der Waals surface area contributed by atoms with Gasteiger partial charge < -0.3 is 10.2 Å². The number of nitrogens with one attached hydrogen (secondary N) is 1. The summed E-state index contributed by atoms with van der Waals surface area (Å²) >= 11 is 0. The number of hydrogen-bond donors (Lipinski definition) is 1. The number of likely N-dealkylation sites (tertiary alicyclic amines) is 1. The van der Waals surface area contributed by atoms with Crippen molar-refractivity contribution in [1.82, 2.24) is 10.2 Å². The van der Waals surface area contributed by atoms with Gasteiger partial charge in [-0.3, -0.25) is 4.79 Å². The van der Waals surface area contributed by atoms with E-state index in [-0.39, 0.29) is 29.5 Å². The SMILES string of the molecule is CNC1CCCN(C2CCS(=O)(=O)CC2)C1=O. The number of sulfone groups is 1. The highest BCUT2D eigenvalue weighted by molar-refractivity contribution is 7.91. The van der Waals surface area contributed by atoms with E-state index in [1.807, 2.05) is 4.90 Å². The van der Waals surface area contributed by atoms with Crippen molar-refractivity contribution in [2.75, 3.05) is 25.1 Å². The second kappa shape index (κ2) is 4.94. The van der Waals surface area contributed by atoms with Crippen molar-refractivity contribution in [3.63, 3.8) is 0 Å². The van der Waals surface area contributed by atoms with E-state index < -0.39 is 9.84 Å². The van der Waals surface area contributed by atoms with Gasteiger partial charge in [-0.25, -0.2) is 8.42 Å². The molecule has 0 radical (unpaired) electrons. The molecular formula is C11H20N2O3S. The fourth-order valence-corrected chi connectivity index (χ4v) is 4.19. The zero-order valence-corrected chi connectivity index (χ0v) is 11.0. The van der Waals surface area contributed by atoms with E-state index in [1.165, 1.54) is 0 Å². The van der Waals surface area contributed by atoms with Gasteiger partial charge in [-0.2, -0.15) is 0 Å². The molecule has 2 rings (SSSR count). The van der Waals surface area contributed by atoms with Crippen LogP contribution >= 0.6 is 0 Å². The number of nitrogens with zero attached hydrogens (tertiary/aromatic N) is 1. The molecule has 0 bridgehead atoms. The highest BCUT2D eigenvalue weighted by atomic mass is 32.2. The molecule has 6 heteroatoms. The maximum atomic E-state index is 12.1. The van der Waals surface area contributed by atoms with E-state index in [9.17, 15) is 13.2 Å². The third-order valence-electron chi connectivity index (χ3n) is 3.79. The first-order valence-electron chi connectivity index (χ1n) is 6.21. The van der Waals surface area contributed by atoms with Crippen LogP contribution < -0.4 is 5.32 Å². The number of carbonyl (C=O) groups is 1. The van der Waals surface area contributed by atoms with Crippen LogP contribution in [0.15, 0.2) is 0 Å². The van der Waals surface area contributed by atoms with E-state index in [2.05, 4.69) is 5.32 Å². The van der Waals surface area contributed by atoms with Crippen molar-refractivity contribution < 1.29 is 13.2 Å². The van der Waals surface area contributed by atoms with Crippen molar-refractivity contribution in [2.45, 2.75) is 37.8 Å². The first-order valence-corrected chi connectivity index (χ1v) is 8.04. The smallest absolute Gasteiger partial charge is 0.239 e. The van der Waals surface area contributed by atoms with Gasteiger partial charge in [0.25, 0.3) is 0 Å². The van der Waals surface area contributed by atoms with Crippen molar-refractivity contribution in [2.24, 2.45) is 0 Å². The summed E-state index contributed by atoms with van der Waals surface area (Å²) in [4.78, 5) is 14.0. The predicted octanol–water partition coefficient (Wildman–Crippen LogP) is -0.226. The van der Waals surface area contributed by atoms with Crippen LogP contribution in [0.2, 0.25) is 0 Å². The summed E-state index contributed by atoms with van der Waals surface area (Å²) in [6, 6.07) is 0.0458. The van der Waals surface area contributed by atoms with Crippen LogP contribution in [0.5, 0.6) is 0 Å². The number of rotatable bonds is 2. The molecule has 0 saturated carbocycles. The average Bonchev–Trinajstić information content (AvgIpc) is 2.30. The average molecular weight is 260 g/mol. The normalized spacial score (nSPS) is 30.5. The van der Waals surface area contributed by atoms with Crippen LogP contribution in [0, 0.1) is 0 Å². The fourth-order valence-electron chi connectivity index (χ4n) is 2.72. The van der Waals surface area contributed by atoms with Gasteiger partial charge in [0.1, 0.15) is 9.84 Å². The van der Waals surface area contributed by atoms with Gasteiger partial charge in [-0.1, -0.05) is 0 Å². The van der Waals surface area contributed by atoms with Gasteiger partial charge in [0, 0.05) is 12.6 Å². The van der Waals surface area contributed by atoms with Gasteiger partial charge in [-0.15, -0.1) is 0 Å². The Morgan fingerprint density at radius 1 is 1.24 bits per heavy atom. The standard InChI is InChI=1S/C11H20N2O3S/c1-12-10-3-2-6-13(11(10)14)9-4-7-17(15,16)8-5-9/h9-10,12H,2-8H2,1H3. The second-order valence-corrected chi connectivity index (χ2v) is 7.20. The van der Waals surface area contributed by atoms with Crippen LogP contribution in [0.1, 0.15) is 25.7 Å². The number of hydrogen-bond acceptors (Lipinski definition) is 4. The summed E-state index contributed by atoms with van der Waals surface area (Å²) in [6.45, 7) is 0.779. The number of likely N-dealkylation sites (N-methyl/N-ethyl adjacent to an activating group) is 1. The largest absolute Gasteiger partial charge is 0.338 e. The Morgan fingerprint density at radius 2 is 1.88 bits per heavy atom.